The number of hydrogen-bond donors (Lipinski definition) is 1. The first kappa shape index (κ1) is 30.3. The number of carbonyl (C=O) groups is 1. The topological polar surface area (TPSA) is 101 Å². The summed E-state index contributed by atoms with van der Waals surface area (Å²) in [6.45, 7) is 7.77. The normalized spacial score (nSPS) is 16.5. The molecule has 46 heavy (non-hydrogen) atoms. The molecule has 10 nitrogen and oxygen atoms in total. The molecule has 0 unspecified atom stereocenters. The SMILES string of the molecule is COc1cc2nc(-c3cccc(CC(=O)CN4CCOCC4)c3)nc(Nc3ccc4c(c3)C=NC4)c2cc1OCCN1CCCC1. The molecule has 0 spiro atoms. The average molecular weight is 621 g/mol. The van der Waals surface area contributed by atoms with Crippen molar-refractivity contribution in [1.82, 2.24) is 19.8 Å². The van der Waals surface area contributed by atoms with Gasteiger partial charge in [-0.1, -0.05) is 24.3 Å². The Morgan fingerprint density at radius 3 is 2.67 bits per heavy atom. The lowest BCUT2D eigenvalue weighted by atomic mass is 10.0. The Kier molecular flexibility index (Phi) is 9.18. The van der Waals surface area contributed by atoms with Crippen LogP contribution < -0.4 is 14.8 Å². The van der Waals surface area contributed by atoms with Gasteiger partial charge < -0.3 is 19.5 Å². The van der Waals surface area contributed by atoms with E-state index in [0.29, 0.717) is 62.5 Å². The monoisotopic (exact) mass is 620 g/mol. The lowest BCUT2D eigenvalue weighted by molar-refractivity contribution is -0.120. The molecule has 3 aromatic carbocycles. The maximum atomic E-state index is 12.9. The smallest absolute Gasteiger partial charge is 0.162 e. The number of morpholine rings is 1. The number of fused-ring (bicyclic) bond motifs is 2. The van der Waals surface area contributed by atoms with Gasteiger partial charge in [0.2, 0.25) is 0 Å². The third-order valence-electron chi connectivity index (χ3n) is 8.84. The van der Waals surface area contributed by atoms with Crippen molar-refractivity contribution < 1.29 is 19.0 Å². The van der Waals surface area contributed by atoms with E-state index in [4.69, 9.17) is 24.2 Å². The van der Waals surface area contributed by atoms with Crippen LogP contribution in [0.3, 0.4) is 0 Å². The van der Waals surface area contributed by atoms with Gasteiger partial charge in [0.15, 0.2) is 23.1 Å². The second-order valence-corrected chi connectivity index (χ2v) is 12.1. The fourth-order valence-electron chi connectivity index (χ4n) is 6.35. The van der Waals surface area contributed by atoms with Crippen LogP contribution in [0.4, 0.5) is 11.5 Å². The van der Waals surface area contributed by atoms with Crippen molar-refractivity contribution in [2.45, 2.75) is 25.8 Å². The number of ether oxygens (including phenoxy) is 3. The number of likely N-dealkylation sites (tertiary alicyclic amines) is 1. The maximum Gasteiger partial charge on any atom is 0.162 e. The summed E-state index contributed by atoms with van der Waals surface area (Å²) in [6, 6.07) is 18.1. The molecule has 0 bridgehead atoms. The molecule has 3 aliphatic heterocycles. The Morgan fingerprint density at radius 2 is 1.83 bits per heavy atom. The third-order valence-corrected chi connectivity index (χ3v) is 8.84. The number of methoxy groups -OCH3 is 1. The largest absolute Gasteiger partial charge is 0.493 e. The number of benzene rings is 3. The molecule has 0 aliphatic carbocycles. The predicted molar refractivity (Wildman–Crippen MR) is 180 cm³/mol. The number of rotatable bonds is 12. The summed E-state index contributed by atoms with van der Waals surface area (Å²) < 4.78 is 17.5. The van der Waals surface area contributed by atoms with E-state index in [1.54, 1.807) is 7.11 Å². The summed E-state index contributed by atoms with van der Waals surface area (Å²) >= 11 is 0. The van der Waals surface area contributed by atoms with Crippen LogP contribution in [0.25, 0.3) is 22.3 Å². The molecule has 0 radical (unpaired) electrons. The predicted octanol–water partition coefficient (Wildman–Crippen LogP) is 4.90. The van der Waals surface area contributed by atoms with Gasteiger partial charge in [-0.15, -0.1) is 0 Å². The van der Waals surface area contributed by atoms with Gasteiger partial charge in [0.1, 0.15) is 12.4 Å². The minimum atomic E-state index is 0.183. The highest BCUT2D eigenvalue weighted by molar-refractivity contribution is 5.95. The van der Waals surface area contributed by atoms with Crippen LogP contribution in [0.2, 0.25) is 0 Å². The van der Waals surface area contributed by atoms with Crippen LogP contribution in [0.1, 0.15) is 29.5 Å². The molecular weight excluding hydrogens is 580 g/mol. The Balaban J connectivity index is 1.20. The molecule has 2 fully saturated rings. The molecule has 7 rings (SSSR count). The van der Waals surface area contributed by atoms with Crippen molar-refractivity contribution in [1.29, 1.82) is 0 Å². The minimum absolute atomic E-state index is 0.183. The molecule has 2 saturated heterocycles. The molecule has 1 aromatic heterocycles. The van der Waals surface area contributed by atoms with Gasteiger partial charge in [-0.25, -0.2) is 9.97 Å². The molecular formula is C36H40N6O4. The van der Waals surface area contributed by atoms with Crippen molar-refractivity contribution in [2.24, 2.45) is 4.99 Å². The molecule has 0 saturated carbocycles. The summed E-state index contributed by atoms with van der Waals surface area (Å²) in [6.07, 6.45) is 4.76. The molecule has 4 aromatic rings. The van der Waals surface area contributed by atoms with Gasteiger partial charge in [-0.2, -0.15) is 0 Å². The lowest BCUT2D eigenvalue weighted by Gasteiger charge is -2.25. The molecule has 0 atom stereocenters. The van der Waals surface area contributed by atoms with Gasteiger partial charge in [0.25, 0.3) is 0 Å². The fourth-order valence-corrected chi connectivity index (χ4v) is 6.35. The standard InChI is InChI=1S/C36H40N6O4/c1-44-33-21-32-31(20-34(33)46-16-13-41-9-2-3-10-41)36(38-29-8-7-27-22-37-23-28(27)19-29)40-35(39-32)26-6-4-5-25(17-26)18-30(43)24-42-11-14-45-15-12-42/h4-8,17,19-21,23H,2-3,9-16,18,22,24H2,1H3,(H,38,39,40). The maximum absolute atomic E-state index is 12.9. The summed E-state index contributed by atoms with van der Waals surface area (Å²) in [4.78, 5) is 32.0. The highest BCUT2D eigenvalue weighted by Crippen LogP contribution is 2.37. The fraction of sp³-hybridized carbons (Fsp3) is 0.389. The third kappa shape index (κ3) is 7.04. The number of hydrogen-bond acceptors (Lipinski definition) is 10. The molecule has 3 aliphatic rings. The second kappa shape index (κ2) is 13.9. The Hall–Kier alpha value is -4.38. The number of nitrogens with zero attached hydrogens (tertiary/aromatic N) is 5. The molecule has 10 heteroatoms. The van der Waals surface area contributed by atoms with E-state index in [1.165, 1.54) is 18.4 Å². The number of carbonyl (C=O) groups excluding carboxylic acids is 1. The number of aliphatic imine (C=N–C) groups is 1. The van der Waals surface area contributed by atoms with Gasteiger partial charge in [-0.05, 0) is 66.9 Å². The Bertz CT molecular complexity index is 1750. The molecule has 238 valence electrons. The highest BCUT2D eigenvalue weighted by Gasteiger charge is 2.19. The number of Topliss-reactive ketones (excluding diaryl/α,β-unsaturated/α-hetero) is 1. The molecule has 1 N–H and O–H groups in total. The van der Waals surface area contributed by atoms with Gasteiger partial charge >= 0.3 is 0 Å². The van der Waals surface area contributed by atoms with Crippen molar-refractivity contribution in [2.75, 3.05) is 71.5 Å². The number of ketones is 1. The number of aromatic nitrogens is 2. The van der Waals surface area contributed by atoms with Gasteiger partial charge in [0.05, 0.1) is 38.9 Å². The number of anilines is 2. The summed E-state index contributed by atoms with van der Waals surface area (Å²) in [5.74, 6) is 2.69. The summed E-state index contributed by atoms with van der Waals surface area (Å²) in [5, 5.41) is 4.38. The van der Waals surface area contributed by atoms with Crippen LogP contribution in [-0.2, 0) is 22.5 Å². The van der Waals surface area contributed by atoms with Crippen LogP contribution in [0.5, 0.6) is 11.5 Å². The van der Waals surface area contributed by atoms with E-state index >= 15 is 0 Å². The number of nitrogens with one attached hydrogen (secondary N) is 1. The zero-order chi connectivity index (χ0) is 31.3. The van der Waals surface area contributed by atoms with Gasteiger partial charge in [-0.3, -0.25) is 19.6 Å². The Labute approximate surface area is 269 Å². The highest BCUT2D eigenvalue weighted by atomic mass is 16.5. The van der Waals surface area contributed by atoms with Crippen molar-refractivity contribution in [3.63, 3.8) is 0 Å². The van der Waals surface area contributed by atoms with E-state index in [9.17, 15) is 4.79 Å². The van der Waals surface area contributed by atoms with E-state index < -0.39 is 0 Å². The summed E-state index contributed by atoms with van der Waals surface area (Å²) in [7, 11) is 1.65. The first-order chi connectivity index (χ1) is 22.6. The Morgan fingerprint density at radius 1 is 0.957 bits per heavy atom. The quantitative estimate of drug-likeness (QED) is 0.237. The molecule has 0 amide bonds. The zero-order valence-electron chi connectivity index (χ0n) is 26.3. The van der Waals surface area contributed by atoms with Gasteiger partial charge in [0, 0.05) is 55.0 Å². The zero-order valence-corrected chi connectivity index (χ0v) is 26.3. The van der Waals surface area contributed by atoms with Crippen LogP contribution >= 0.6 is 0 Å². The molecule has 4 heterocycles. The first-order valence-electron chi connectivity index (χ1n) is 16.2. The first-order valence-corrected chi connectivity index (χ1v) is 16.2. The van der Waals surface area contributed by atoms with Crippen LogP contribution in [0, 0.1) is 0 Å². The van der Waals surface area contributed by atoms with Crippen molar-refractivity contribution in [3.8, 4) is 22.9 Å². The summed E-state index contributed by atoms with van der Waals surface area (Å²) in [5.41, 5.74) is 5.72. The van der Waals surface area contributed by atoms with E-state index in [-0.39, 0.29) is 5.78 Å². The minimum Gasteiger partial charge on any atom is -0.493 e. The van der Waals surface area contributed by atoms with Crippen LogP contribution in [-0.4, -0.2) is 98.0 Å². The van der Waals surface area contributed by atoms with Crippen LogP contribution in [0.15, 0.2) is 59.6 Å². The van der Waals surface area contributed by atoms with Crippen molar-refractivity contribution >= 4 is 34.4 Å². The van der Waals surface area contributed by atoms with E-state index in [2.05, 4.69) is 38.3 Å². The van der Waals surface area contributed by atoms with E-state index in [0.717, 1.165) is 66.0 Å². The average Bonchev–Trinajstić information content (AvgIpc) is 3.77. The van der Waals surface area contributed by atoms with E-state index in [1.807, 2.05) is 42.6 Å². The lowest BCUT2D eigenvalue weighted by Crippen LogP contribution is -2.39. The second-order valence-electron chi connectivity index (χ2n) is 12.1. The van der Waals surface area contributed by atoms with Crippen molar-refractivity contribution in [3.05, 3.63) is 71.3 Å².